The maximum absolute atomic E-state index is 12.1. The molecule has 2 aromatic carbocycles. The third-order valence-electron chi connectivity index (χ3n) is 3.85. The average molecular weight is 322 g/mol. The lowest BCUT2D eigenvalue weighted by Gasteiger charge is -2.17. The number of nitrogens with zero attached hydrogens (tertiary/aromatic N) is 2. The standard InChI is InChI=1S/C20H22N2O2/c1-16-3-10-19(11-4-16)24-14-13-22(2)20(23)12-9-17-5-7-18(15-21)8-6-17/h3-8,10-11H,9,12-14H2,1-2H3. The zero-order valence-corrected chi connectivity index (χ0v) is 14.2. The van der Waals surface area contributed by atoms with Crippen LogP contribution in [0, 0.1) is 18.3 Å². The van der Waals surface area contributed by atoms with Crippen LogP contribution in [0.2, 0.25) is 0 Å². The number of benzene rings is 2. The van der Waals surface area contributed by atoms with Crippen LogP contribution in [0.1, 0.15) is 23.1 Å². The normalized spacial score (nSPS) is 10.0. The van der Waals surface area contributed by atoms with Crippen LogP contribution in [0.15, 0.2) is 48.5 Å². The van der Waals surface area contributed by atoms with E-state index in [4.69, 9.17) is 10.00 Å². The number of nitriles is 1. The van der Waals surface area contributed by atoms with Crippen molar-refractivity contribution < 1.29 is 9.53 Å². The number of rotatable bonds is 7. The van der Waals surface area contributed by atoms with Gasteiger partial charge in [-0.25, -0.2) is 0 Å². The first-order chi connectivity index (χ1) is 11.6. The lowest BCUT2D eigenvalue weighted by Crippen LogP contribution is -2.31. The van der Waals surface area contributed by atoms with E-state index in [2.05, 4.69) is 6.07 Å². The molecule has 0 heterocycles. The zero-order valence-electron chi connectivity index (χ0n) is 14.2. The molecular weight excluding hydrogens is 300 g/mol. The number of aryl methyl sites for hydroxylation is 2. The summed E-state index contributed by atoms with van der Waals surface area (Å²) in [5, 5.41) is 8.78. The van der Waals surface area contributed by atoms with E-state index in [0.717, 1.165) is 11.3 Å². The molecule has 124 valence electrons. The van der Waals surface area contributed by atoms with E-state index in [-0.39, 0.29) is 5.91 Å². The minimum absolute atomic E-state index is 0.0897. The number of hydrogen-bond donors (Lipinski definition) is 0. The molecule has 0 atom stereocenters. The highest BCUT2D eigenvalue weighted by Crippen LogP contribution is 2.11. The molecule has 4 nitrogen and oxygen atoms in total. The highest BCUT2D eigenvalue weighted by Gasteiger charge is 2.09. The number of hydrogen-bond acceptors (Lipinski definition) is 3. The fourth-order valence-corrected chi connectivity index (χ4v) is 2.25. The molecule has 0 spiro atoms. The van der Waals surface area contributed by atoms with Crippen molar-refractivity contribution in [3.8, 4) is 11.8 Å². The molecule has 2 rings (SSSR count). The molecule has 0 aliphatic heterocycles. The van der Waals surface area contributed by atoms with Gasteiger partial charge < -0.3 is 9.64 Å². The molecule has 0 aliphatic rings. The Labute approximate surface area is 143 Å². The summed E-state index contributed by atoms with van der Waals surface area (Å²) in [4.78, 5) is 13.8. The second-order valence-corrected chi connectivity index (χ2v) is 5.79. The van der Waals surface area contributed by atoms with Crippen molar-refractivity contribution in [3.05, 3.63) is 65.2 Å². The molecule has 0 radical (unpaired) electrons. The van der Waals surface area contributed by atoms with Gasteiger partial charge in [0, 0.05) is 13.5 Å². The van der Waals surface area contributed by atoms with Crippen LogP contribution in [0.3, 0.4) is 0 Å². The molecule has 24 heavy (non-hydrogen) atoms. The summed E-state index contributed by atoms with van der Waals surface area (Å²) >= 11 is 0. The molecule has 0 saturated carbocycles. The summed E-state index contributed by atoms with van der Waals surface area (Å²) in [7, 11) is 1.79. The molecule has 0 bridgehead atoms. The van der Waals surface area contributed by atoms with E-state index in [1.165, 1.54) is 5.56 Å². The predicted octanol–water partition coefficient (Wildman–Crippen LogP) is 3.34. The number of ether oxygens (including phenoxy) is 1. The monoisotopic (exact) mass is 322 g/mol. The quantitative estimate of drug-likeness (QED) is 0.785. The van der Waals surface area contributed by atoms with Gasteiger partial charge in [0.25, 0.3) is 0 Å². The van der Waals surface area contributed by atoms with Crippen molar-refractivity contribution in [1.29, 1.82) is 5.26 Å². The maximum atomic E-state index is 12.1. The van der Waals surface area contributed by atoms with E-state index in [1.807, 2.05) is 43.3 Å². The Morgan fingerprint density at radius 3 is 2.42 bits per heavy atom. The summed E-state index contributed by atoms with van der Waals surface area (Å²) in [6.07, 6.45) is 1.13. The molecule has 0 N–H and O–H groups in total. The summed E-state index contributed by atoms with van der Waals surface area (Å²) in [6, 6.07) is 17.3. The van der Waals surface area contributed by atoms with E-state index in [9.17, 15) is 4.79 Å². The van der Waals surface area contributed by atoms with Crippen molar-refractivity contribution >= 4 is 5.91 Å². The fraction of sp³-hybridized carbons (Fsp3) is 0.300. The van der Waals surface area contributed by atoms with Gasteiger partial charge in [0.2, 0.25) is 5.91 Å². The molecular formula is C20H22N2O2. The first-order valence-electron chi connectivity index (χ1n) is 8.01. The van der Waals surface area contributed by atoms with Crippen LogP contribution in [0.5, 0.6) is 5.75 Å². The first kappa shape index (κ1) is 17.6. The van der Waals surface area contributed by atoms with Gasteiger partial charge in [-0.2, -0.15) is 5.26 Å². The third-order valence-corrected chi connectivity index (χ3v) is 3.85. The summed E-state index contributed by atoms with van der Waals surface area (Å²) in [5.41, 5.74) is 2.89. The summed E-state index contributed by atoms with van der Waals surface area (Å²) in [6.45, 7) is 3.06. The fourth-order valence-electron chi connectivity index (χ4n) is 2.25. The highest BCUT2D eigenvalue weighted by atomic mass is 16.5. The predicted molar refractivity (Wildman–Crippen MR) is 93.8 cm³/mol. The summed E-state index contributed by atoms with van der Waals surface area (Å²) < 4.78 is 5.65. The molecule has 0 aromatic heterocycles. The maximum Gasteiger partial charge on any atom is 0.222 e. The molecule has 0 saturated heterocycles. The van der Waals surface area contributed by atoms with Gasteiger partial charge in [-0.05, 0) is 43.2 Å². The number of carbonyl (C=O) groups is 1. The molecule has 0 fully saturated rings. The molecule has 0 aliphatic carbocycles. The van der Waals surface area contributed by atoms with Crippen LogP contribution < -0.4 is 4.74 Å². The topological polar surface area (TPSA) is 53.3 Å². The largest absolute Gasteiger partial charge is 0.492 e. The van der Waals surface area contributed by atoms with Crippen molar-refractivity contribution in [2.45, 2.75) is 19.8 Å². The van der Waals surface area contributed by atoms with Crippen LogP contribution in [-0.2, 0) is 11.2 Å². The van der Waals surface area contributed by atoms with Crippen molar-refractivity contribution in [3.63, 3.8) is 0 Å². The smallest absolute Gasteiger partial charge is 0.222 e. The third kappa shape index (κ3) is 5.44. The Balaban J connectivity index is 1.71. The van der Waals surface area contributed by atoms with Gasteiger partial charge in [-0.15, -0.1) is 0 Å². The Hall–Kier alpha value is -2.80. The van der Waals surface area contributed by atoms with Crippen molar-refractivity contribution in [1.82, 2.24) is 4.90 Å². The van der Waals surface area contributed by atoms with E-state index in [1.54, 1.807) is 24.1 Å². The van der Waals surface area contributed by atoms with Crippen molar-refractivity contribution in [2.24, 2.45) is 0 Å². The second-order valence-electron chi connectivity index (χ2n) is 5.79. The van der Waals surface area contributed by atoms with Crippen LogP contribution >= 0.6 is 0 Å². The Morgan fingerprint density at radius 1 is 1.12 bits per heavy atom. The van der Waals surface area contributed by atoms with Crippen LogP contribution in [0.25, 0.3) is 0 Å². The lowest BCUT2D eigenvalue weighted by molar-refractivity contribution is -0.130. The summed E-state index contributed by atoms with van der Waals surface area (Å²) in [5.74, 6) is 0.908. The van der Waals surface area contributed by atoms with Gasteiger partial charge in [-0.1, -0.05) is 29.8 Å². The molecule has 1 amide bonds. The number of amides is 1. The second kappa shape index (κ2) is 8.73. The SMILES string of the molecule is Cc1ccc(OCCN(C)C(=O)CCc2ccc(C#N)cc2)cc1. The Kier molecular flexibility index (Phi) is 6.39. The van der Waals surface area contributed by atoms with Gasteiger partial charge in [0.1, 0.15) is 12.4 Å². The van der Waals surface area contributed by atoms with Gasteiger partial charge >= 0.3 is 0 Å². The minimum Gasteiger partial charge on any atom is -0.492 e. The van der Waals surface area contributed by atoms with Gasteiger partial charge in [0.15, 0.2) is 0 Å². The van der Waals surface area contributed by atoms with E-state index < -0.39 is 0 Å². The average Bonchev–Trinajstić information content (AvgIpc) is 2.61. The van der Waals surface area contributed by atoms with E-state index in [0.29, 0.717) is 31.6 Å². The lowest BCUT2D eigenvalue weighted by atomic mass is 10.1. The zero-order chi connectivity index (χ0) is 17.4. The Bertz CT molecular complexity index is 700. The molecule has 2 aromatic rings. The van der Waals surface area contributed by atoms with Gasteiger partial charge in [0.05, 0.1) is 18.2 Å². The van der Waals surface area contributed by atoms with Crippen LogP contribution in [0.4, 0.5) is 0 Å². The highest BCUT2D eigenvalue weighted by molar-refractivity contribution is 5.76. The first-order valence-corrected chi connectivity index (χ1v) is 8.01. The molecule has 0 unspecified atom stereocenters. The Morgan fingerprint density at radius 2 is 1.79 bits per heavy atom. The molecule has 4 heteroatoms. The minimum atomic E-state index is 0.0897. The van der Waals surface area contributed by atoms with E-state index >= 15 is 0 Å². The van der Waals surface area contributed by atoms with Crippen molar-refractivity contribution in [2.75, 3.05) is 20.2 Å². The van der Waals surface area contributed by atoms with Gasteiger partial charge in [-0.3, -0.25) is 4.79 Å². The number of carbonyl (C=O) groups excluding carboxylic acids is 1. The van der Waals surface area contributed by atoms with Crippen LogP contribution in [-0.4, -0.2) is 31.0 Å². The number of likely N-dealkylation sites (N-methyl/N-ethyl adjacent to an activating group) is 1.